The number of methoxy groups -OCH3 is 2. The van der Waals surface area contributed by atoms with Crippen molar-refractivity contribution >= 4 is 78.8 Å². The Bertz CT molecular complexity index is 1850. The first kappa shape index (κ1) is 59.5. The van der Waals surface area contributed by atoms with Crippen molar-refractivity contribution in [3.05, 3.63) is 129 Å². The number of carbonyl (C=O) groups excluding carboxylic acids is 6. The number of benzene rings is 4. The number of nitrogens with two attached hydrogens (primary N) is 1. The molecule has 0 aromatic heterocycles. The number of aldehydes is 1. The van der Waals surface area contributed by atoms with Gasteiger partial charge in [-0.05, 0) is 78.4 Å². The van der Waals surface area contributed by atoms with Gasteiger partial charge in [0.1, 0.15) is 6.29 Å². The van der Waals surface area contributed by atoms with Crippen LogP contribution in [0.15, 0.2) is 97.1 Å². The fraction of sp³-hybridized carbons (Fsp3) is 0.302. The molecule has 0 aliphatic heterocycles. The number of halogens is 2. The van der Waals surface area contributed by atoms with Gasteiger partial charge in [-0.15, -0.1) is 0 Å². The van der Waals surface area contributed by atoms with Crippen molar-refractivity contribution < 1.29 is 82.2 Å². The number of carbonyl (C=O) groups is 6. The third-order valence-electron chi connectivity index (χ3n) is 6.98. The molecule has 2 atom stereocenters. The summed E-state index contributed by atoms with van der Waals surface area (Å²) in [5.41, 5.74) is 10.1. The molecule has 0 saturated heterocycles. The molecule has 3 N–H and O–H groups in total. The summed E-state index contributed by atoms with van der Waals surface area (Å²) in [7, 11) is 7.04. The number of anilines is 2. The van der Waals surface area contributed by atoms with E-state index in [1.807, 2.05) is 73.7 Å². The van der Waals surface area contributed by atoms with Crippen LogP contribution in [0.1, 0.15) is 73.9 Å². The molecule has 0 aliphatic carbocycles. The summed E-state index contributed by atoms with van der Waals surface area (Å²) in [6, 6.07) is 29.6. The topological polar surface area (TPSA) is 187 Å². The third kappa shape index (κ3) is 28.5. The quantitative estimate of drug-likeness (QED) is 0.0509. The maximum absolute atomic E-state index is 11.7. The van der Waals surface area contributed by atoms with Crippen LogP contribution in [-0.4, -0.2) is 64.9 Å². The summed E-state index contributed by atoms with van der Waals surface area (Å²) in [4.78, 5) is 69.8. The molecule has 3 radical (unpaired) electrons. The number of hydrogen-bond acceptors (Lipinski definition) is 13. The Hall–Kier alpha value is -4.86. The van der Waals surface area contributed by atoms with Gasteiger partial charge in [-0.2, -0.15) is 0 Å². The molecular formula is C43H53BCl2N2NaO11. The van der Waals surface area contributed by atoms with Crippen molar-refractivity contribution in [1.82, 2.24) is 0 Å². The largest absolute Gasteiger partial charge is 1.00 e. The van der Waals surface area contributed by atoms with Gasteiger partial charge < -0.3 is 38.0 Å². The summed E-state index contributed by atoms with van der Waals surface area (Å²) >= 11 is 11.6. The van der Waals surface area contributed by atoms with E-state index in [0.29, 0.717) is 22.7 Å². The van der Waals surface area contributed by atoms with Crippen LogP contribution in [0.25, 0.3) is 0 Å². The minimum atomic E-state index is -0.639. The van der Waals surface area contributed by atoms with E-state index in [1.54, 1.807) is 30.3 Å². The molecule has 0 saturated carbocycles. The van der Waals surface area contributed by atoms with Gasteiger partial charge in [-0.25, -0.2) is 29.0 Å². The van der Waals surface area contributed by atoms with E-state index >= 15 is 0 Å². The van der Waals surface area contributed by atoms with E-state index < -0.39 is 23.9 Å². The molecule has 4 rings (SSSR count). The van der Waals surface area contributed by atoms with Crippen LogP contribution in [0, 0.1) is 11.8 Å². The normalized spacial score (nSPS) is 10.1. The SMILES string of the molecule is C.CC(=O)OOC(C)=O.CC(C=O)Cc1ccc(Cl)cc1.COC(=O)c1ccccc1N.COC(=O)c1ccccc1NCC(C)Cc1ccc(Cl)cc1.[B-]OC(C)=O.[Na+]. The zero-order valence-corrected chi connectivity index (χ0v) is 38.0. The van der Waals surface area contributed by atoms with E-state index in [9.17, 15) is 28.8 Å². The maximum atomic E-state index is 11.7. The van der Waals surface area contributed by atoms with Gasteiger partial charge in [-0.1, -0.05) is 93.0 Å². The van der Waals surface area contributed by atoms with Gasteiger partial charge in [0.05, 0.1) is 25.3 Å². The number of ether oxygens (including phenoxy) is 2. The Labute approximate surface area is 386 Å². The standard InChI is InChI=1S/C18H20ClNO2.C10H11ClO.C8H9NO2.C4H6O4.C2H3BO2.CH4.Na/c1-13(11-14-7-9-15(19)10-8-14)12-20-17-6-4-3-5-16(17)18(21)22-2;1-8(7-12)6-9-2-4-10(11)5-3-9;1-11-8(10)6-4-2-3-5-7(6)9;1-3(5)7-8-4(2)6;1-2(4)5-3;;/h3-10,13,20H,11-12H2,1-2H3;2-5,7-8H,6H2,1H3;2-5H,9H2,1H3;1-2H3;1H3;1H4;/q;;;;-1;;+1. The monoisotopic (exact) mass is 877 g/mol. The Morgan fingerprint density at radius 2 is 1.08 bits per heavy atom. The van der Waals surface area contributed by atoms with Crippen molar-refractivity contribution in [1.29, 1.82) is 0 Å². The Morgan fingerprint density at radius 1 is 0.683 bits per heavy atom. The molecule has 4 aromatic carbocycles. The molecule has 0 fully saturated rings. The van der Waals surface area contributed by atoms with Crippen LogP contribution in [0.4, 0.5) is 11.4 Å². The van der Waals surface area contributed by atoms with Crippen molar-refractivity contribution in [2.75, 3.05) is 31.8 Å². The number of para-hydroxylation sites is 2. The first-order valence-corrected chi connectivity index (χ1v) is 18.2. The zero-order chi connectivity index (χ0) is 44.0. The number of nitrogen functional groups attached to an aromatic ring is 1. The molecule has 0 bridgehead atoms. The number of hydrogen-bond donors (Lipinski definition) is 2. The molecule has 2 unspecified atom stereocenters. The van der Waals surface area contributed by atoms with Crippen LogP contribution in [0.5, 0.6) is 0 Å². The van der Waals surface area contributed by atoms with Gasteiger partial charge in [0.15, 0.2) is 0 Å². The Kier molecular flexibility index (Phi) is 34.6. The minimum absolute atomic E-state index is 0. The van der Waals surface area contributed by atoms with Crippen LogP contribution in [-0.2, 0) is 55.9 Å². The fourth-order valence-electron chi connectivity index (χ4n) is 4.26. The van der Waals surface area contributed by atoms with Gasteiger partial charge in [0.25, 0.3) is 0 Å². The molecule has 0 heterocycles. The summed E-state index contributed by atoms with van der Waals surface area (Å²) in [5.74, 6) is -1.96. The molecular weight excluding hydrogens is 825 g/mol. The maximum Gasteiger partial charge on any atom is 1.00 e. The number of esters is 2. The molecule has 0 spiro atoms. The first-order chi connectivity index (χ1) is 27.5. The van der Waals surface area contributed by atoms with Crippen LogP contribution < -0.4 is 40.6 Å². The van der Waals surface area contributed by atoms with Crippen molar-refractivity contribution in [3.8, 4) is 0 Å². The Morgan fingerprint density at radius 3 is 1.48 bits per heavy atom. The summed E-state index contributed by atoms with van der Waals surface area (Å²) in [5, 5.41) is 4.82. The molecule has 60 heavy (non-hydrogen) atoms. The van der Waals surface area contributed by atoms with E-state index in [-0.39, 0.29) is 48.9 Å². The average molecular weight is 879 g/mol. The second kappa shape index (κ2) is 35.0. The summed E-state index contributed by atoms with van der Waals surface area (Å²) in [6.07, 6.45) is 2.71. The van der Waals surface area contributed by atoms with E-state index in [0.717, 1.165) is 60.8 Å². The fourth-order valence-corrected chi connectivity index (χ4v) is 4.51. The second-order valence-electron chi connectivity index (χ2n) is 12.1. The third-order valence-corrected chi connectivity index (χ3v) is 7.49. The van der Waals surface area contributed by atoms with Crippen LogP contribution in [0.2, 0.25) is 10.0 Å². The second-order valence-corrected chi connectivity index (χ2v) is 13.0. The van der Waals surface area contributed by atoms with Gasteiger partial charge in [0.2, 0.25) is 5.97 Å². The van der Waals surface area contributed by atoms with E-state index in [2.05, 4.69) is 39.5 Å². The van der Waals surface area contributed by atoms with Crippen LogP contribution >= 0.6 is 23.2 Å². The van der Waals surface area contributed by atoms with Gasteiger partial charge >= 0.3 is 53.4 Å². The van der Waals surface area contributed by atoms with Crippen molar-refractivity contribution in [3.63, 3.8) is 0 Å². The number of rotatable bonds is 10. The Balaban J connectivity index is -0.000000734. The molecule has 13 nitrogen and oxygen atoms in total. The van der Waals surface area contributed by atoms with Crippen molar-refractivity contribution in [2.24, 2.45) is 11.8 Å². The molecule has 319 valence electrons. The molecule has 0 amide bonds. The molecule has 17 heteroatoms. The van der Waals surface area contributed by atoms with Crippen LogP contribution in [0.3, 0.4) is 0 Å². The smallest absolute Gasteiger partial charge is 0.793 e. The number of nitrogens with one attached hydrogen (secondary N) is 1. The predicted octanol–water partition coefficient (Wildman–Crippen LogP) is 5.49. The molecule has 4 aromatic rings. The van der Waals surface area contributed by atoms with E-state index in [1.165, 1.54) is 26.7 Å². The van der Waals surface area contributed by atoms with Gasteiger partial charge in [0, 0.05) is 54.7 Å². The average Bonchev–Trinajstić information content (AvgIpc) is 3.21. The summed E-state index contributed by atoms with van der Waals surface area (Å²) in [6.45, 7) is 8.37. The van der Waals surface area contributed by atoms with Gasteiger partial charge in [-0.3, -0.25) is 4.79 Å². The molecule has 0 aliphatic rings. The van der Waals surface area contributed by atoms with E-state index in [4.69, 9.17) is 33.7 Å². The minimum Gasteiger partial charge on any atom is -0.793 e. The van der Waals surface area contributed by atoms with Crippen molar-refractivity contribution in [2.45, 2.75) is 54.9 Å². The summed E-state index contributed by atoms with van der Waals surface area (Å²) < 4.78 is 12.9. The predicted molar refractivity (Wildman–Crippen MR) is 231 cm³/mol. The first-order valence-electron chi connectivity index (χ1n) is 17.5. The zero-order valence-electron chi connectivity index (χ0n) is 34.5.